The largest absolute Gasteiger partial charge is 0.330 e. The zero-order valence-corrected chi connectivity index (χ0v) is 10.7. The molecule has 2 nitrogen and oxygen atoms in total. The highest BCUT2D eigenvalue weighted by atomic mass is 35.5. The minimum absolute atomic E-state index is 0. The van der Waals surface area contributed by atoms with Crippen LogP contribution in [0.3, 0.4) is 0 Å². The number of rotatable bonds is 7. The van der Waals surface area contributed by atoms with Crippen LogP contribution >= 0.6 is 24.8 Å². The Kier molecular flexibility index (Phi) is 12.1. The highest BCUT2D eigenvalue weighted by Gasteiger charge is 2.23. The highest BCUT2D eigenvalue weighted by Crippen LogP contribution is 2.29. The molecule has 0 spiro atoms. The van der Waals surface area contributed by atoms with Crippen LogP contribution in [0, 0.1) is 5.92 Å². The summed E-state index contributed by atoms with van der Waals surface area (Å²) in [6.45, 7) is 6.90. The maximum Gasteiger partial charge on any atom is 0.000954 e. The van der Waals surface area contributed by atoms with Gasteiger partial charge in [-0.2, -0.15) is 0 Å². The first kappa shape index (κ1) is 16.9. The lowest BCUT2D eigenvalue weighted by atomic mass is 10.2. The summed E-state index contributed by atoms with van der Waals surface area (Å²) in [5, 5.41) is 0. The van der Waals surface area contributed by atoms with Gasteiger partial charge in [0.05, 0.1) is 0 Å². The van der Waals surface area contributed by atoms with E-state index in [2.05, 4.69) is 11.8 Å². The Labute approximate surface area is 100 Å². The average Bonchev–Trinajstić information content (AvgIpc) is 2.87. The lowest BCUT2D eigenvalue weighted by Gasteiger charge is -2.19. The number of nitrogens with zero attached hydrogens (tertiary/aromatic N) is 1. The van der Waals surface area contributed by atoms with Crippen molar-refractivity contribution in [3.8, 4) is 0 Å². The summed E-state index contributed by atoms with van der Waals surface area (Å²) < 4.78 is 0. The van der Waals surface area contributed by atoms with Gasteiger partial charge in [-0.05, 0) is 51.2 Å². The molecule has 0 aromatic carbocycles. The Bertz CT molecular complexity index is 119. The molecule has 1 aliphatic rings. The van der Waals surface area contributed by atoms with E-state index in [4.69, 9.17) is 5.73 Å². The van der Waals surface area contributed by atoms with Crippen molar-refractivity contribution in [2.24, 2.45) is 11.7 Å². The predicted molar refractivity (Wildman–Crippen MR) is 67.6 cm³/mol. The van der Waals surface area contributed by atoms with E-state index in [1.165, 1.54) is 45.3 Å². The van der Waals surface area contributed by atoms with Crippen molar-refractivity contribution < 1.29 is 0 Å². The molecular weight excluding hydrogens is 219 g/mol. The second-order valence-corrected chi connectivity index (χ2v) is 3.83. The normalized spacial score (nSPS) is 14.8. The van der Waals surface area contributed by atoms with Gasteiger partial charge in [0.15, 0.2) is 0 Å². The van der Waals surface area contributed by atoms with Crippen LogP contribution in [0.15, 0.2) is 0 Å². The second kappa shape index (κ2) is 10.0. The summed E-state index contributed by atoms with van der Waals surface area (Å²) in [6.07, 6.45) is 5.39. The van der Waals surface area contributed by atoms with Gasteiger partial charge in [0.1, 0.15) is 0 Å². The Hall–Kier alpha value is 0.500. The molecule has 1 saturated carbocycles. The summed E-state index contributed by atoms with van der Waals surface area (Å²) in [7, 11) is 0. The molecule has 1 aliphatic carbocycles. The molecule has 0 atom stereocenters. The molecule has 14 heavy (non-hydrogen) atoms. The van der Waals surface area contributed by atoms with Gasteiger partial charge in [0, 0.05) is 6.54 Å². The van der Waals surface area contributed by atoms with Crippen molar-refractivity contribution >= 4 is 24.8 Å². The van der Waals surface area contributed by atoms with Crippen molar-refractivity contribution in [3.63, 3.8) is 0 Å². The van der Waals surface area contributed by atoms with Gasteiger partial charge in [-0.1, -0.05) is 6.92 Å². The molecule has 0 radical (unpaired) electrons. The van der Waals surface area contributed by atoms with Crippen molar-refractivity contribution in [1.29, 1.82) is 0 Å². The number of unbranched alkanes of at least 4 members (excludes halogenated alkanes) is 1. The fourth-order valence-electron chi connectivity index (χ4n) is 1.52. The van der Waals surface area contributed by atoms with E-state index < -0.39 is 0 Å². The molecule has 0 heterocycles. The Morgan fingerprint density at radius 1 is 1.21 bits per heavy atom. The van der Waals surface area contributed by atoms with Gasteiger partial charge >= 0.3 is 0 Å². The minimum atomic E-state index is 0. The lowest BCUT2D eigenvalue weighted by molar-refractivity contribution is 0.271. The maximum absolute atomic E-state index is 5.45. The minimum Gasteiger partial charge on any atom is -0.330 e. The van der Waals surface area contributed by atoms with E-state index in [1.54, 1.807) is 0 Å². The van der Waals surface area contributed by atoms with Crippen molar-refractivity contribution in [3.05, 3.63) is 0 Å². The third kappa shape index (κ3) is 7.86. The summed E-state index contributed by atoms with van der Waals surface area (Å²) in [5.74, 6) is 1.03. The van der Waals surface area contributed by atoms with E-state index in [9.17, 15) is 0 Å². The van der Waals surface area contributed by atoms with Crippen molar-refractivity contribution in [2.75, 3.05) is 26.2 Å². The van der Waals surface area contributed by atoms with Crippen LogP contribution in [0.5, 0.6) is 0 Å². The van der Waals surface area contributed by atoms with Gasteiger partial charge in [-0.25, -0.2) is 0 Å². The second-order valence-electron chi connectivity index (χ2n) is 3.83. The highest BCUT2D eigenvalue weighted by molar-refractivity contribution is 5.85. The third-order valence-electron chi connectivity index (χ3n) is 2.59. The van der Waals surface area contributed by atoms with E-state index >= 15 is 0 Å². The van der Waals surface area contributed by atoms with Gasteiger partial charge < -0.3 is 10.6 Å². The zero-order valence-electron chi connectivity index (χ0n) is 9.08. The molecule has 1 fully saturated rings. The fraction of sp³-hybridized carbons (Fsp3) is 1.00. The fourth-order valence-corrected chi connectivity index (χ4v) is 1.52. The SMILES string of the molecule is CCN(CCCCN)CC1CC1.Cl.Cl. The molecule has 0 unspecified atom stereocenters. The number of nitrogens with two attached hydrogens (primary N) is 1. The van der Waals surface area contributed by atoms with Crippen LogP contribution in [0.2, 0.25) is 0 Å². The monoisotopic (exact) mass is 242 g/mol. The molecule has 0 amide bonds. The topological polar surface area (TPSA) is 29.3 Å². The smallest absolute Gasteiger partial charge is 0.000954 e. The third-order valence-corrected chi connectivity index (χ3v) is 2.59. The van der Waals surface area contributed by atoms with Crippen LogP contribution < -0.4 is 5.73 Å². The van der Waals surface area contributed by atoms with Crippen LogP contribution in [0.4, 0.5) is 0 Å². The van der Waals surface area contributed by atoms with E-state index in [0.717, 1.165) is 12.5 Å². The molecule has 0 aliphatic heterocycles. The van der Waals surface area contributed by atoms with Gasteiger partial charge in [0.25, 0.3) is 0 Å². The lowest BCUT2D eigenvalue weighted by Crippen LogP contribution is -2.27. The molecule has 2 N–H and O–H groups in total. The summed E-state index contributed by atoms with van der Waals surface area (Å²) in [6, 6.07) is 0. The van der Waals surface area contributed by atoms with E-state index in [0.29, 0.717) is 0 Å². The van der Waals surface area contributed by atoms with Crippen molar-refractivity contribution in [1.82, 2.24) is 4.90 Å². The molecular formula is C10H24Cl2N2. The Morgan fingerprint density at radius 3 is 2.29 bits per heavy atom. The van der Waals surface area contributed by atoms with Crippen LogP contribution in [0.25, 0.3) is 0 Å². The molecule has 88 valence electrons. The first-order valence-corrected chi connectivity index (χ1v) is 5.29. The molecule has 0 aromatic rings. The summed E-state index contributed by atoms with van der Waals surface area (Å²) in [4.78, 5) is 2.56. The van der Waals surface area contributed by atoms with E-state index in [-0.39, 0.29) is 24.8 Å². The standard InChI is InChI=1S/C10H22N2.2ClH/c1-2-12(8-4-3-7-11)9-10-5-6-10;;/h10H,2-9,11H2,1H3;2*1H. The quantitative estimate of drug-likeness (QED) is 0.695. The maximum atomic E-state index is 5.45. The number of hydrogen-bond donors (Lipinski definition) is 1. The van der Waals surface area contributed by atoms with Crippen LogP contribution in [0.1, 0.15) is 32.6 Å². The Balaban J connectivity index is 0. The molecule has 0 saturated heterocycles. The van der Waals surface area contributed by atoms with Crippen LogP contribution in [-0.4, -0.2) is 31.1 Å². The summed E-state index contributed by atoms with van der Waals surface area (Å²) in [5.41, 5.74) is 5.45. The Morgan fingerprint density at radius 2 is 1.86 bits per heavy atom. The molecule has 0 bridgehead atoms. The number of halogens is 2. The van der Waals surface area contributed by atoms with Crippen LogP contribution in [-0.2, 0) is 0 Å². The van der Waals surface area contributed by atoms with Gasteiger partial charge in [0.2, 0.25) is 0 Å². The molecule has 0 aromatic heterocycles. The molecule has 4 heteroatoms. The van der Waals surface area contributed by atoms with Gasteiger partial charge in [-0.15, -0.1) is 24.8 Å². The van der Waals surface area contributed by atoms with Crippen molar-refractivity contribution in [2.45, 2.75) is 32.6 Å². The first-order valence-electron chi connectivity index (χ1n) is 5.29. The predicted octanol–water partition coefficient (Wildman–Crippen LogP) is 2.30. The first-order chi connectivity index (χ1) is 5.86. The average molecular weight is 243 g/mol. The molecule has 1 rings (SSSR count). The number of hydrogen-bond acceptors (Lipinski definition) is 2. The summed E-state index contributed by atoms with van der Waals surface area (Å²) >= 11 is 0. The van der Waals surface area contributed by atoms with Gasteiger partial charge in [-0.3, -0.25) is 0 Å². The zero-order chi connectivity index (χ0) is 8.81. The van der Waals surface area contributed by atoms with E-state index in [1.807, 2.05) is 0 Å².